The molecule has 0 aromatic heterocycles. The fourth-order valence-electron chi connectivity index (χ4n) is 8.38. The summed E-state index contributed by atoms with van der Waals surface area (Å²) in [5, 5.41) is 9.52. The molecule has 346 valence electrons. The number of unbranched alkanes of at least 4 members (excludes halogenated alkanes) is 42. The van der Waals surface area contributed by atoms with Crippen LogP contribution in [-0.4, -0.2) is 36.4 Å². The smallest absolute Gasteiger partial charge is 0.306 e. The minimum Gasteiger partial charge on any atom is -0.462 e. The summed E-state index contributed by atoms with van der Waals surface area (Å²) in [6.07, 6.45) is 60.0. The van der Waals surface area contributed by atoms with Gasteiger partial charge < -0.3 is 14.6 Å². The van der Waals surface area contributed by atoms with Crippen LogP contribution < -0.4 is 0 Å². The lowest BCUT2D eigenvalue weighted by Crippen LogP contribution is -2.28. The van der Waals surface area contributed by atoms with E-state index >= 15 is 0 Å². The number of hydrogen-bond donors (Lipinski definition) is 1. The second kappa shape index (κ2) is 50.3. The third-order valence-electron chi connectivity index (χ3n) is 12.4. The van der Waals surface area contributed by atoms with E-state index in [1.54, 1.807) is 0 Å². The zero-order valence-corrected chi connectivity index (χ0v) is 39.6. The van der Waals surface area contributed by atoms with Crippen molar-refractivity contribution in [1.82, 2.24) is 0 Å². The van der Waals surface area contributed by atoms with E-state index in [0.717, 1.165) is 38.5 Å². The van der Waals surface area contributed by atoms with E-state index in [1.807, 2.05) is 0 Å². The number of carbonyl (C=O) groups excluding carboxylic acids is 2. The lowest BCUT2D eigenvalue weighted by Gasteiger charge is -2.15. The average Bonchev–Trinajstić information content (AvgIpc) is 3.23. The van der Waals surface area contributed by atoms with Crippen LogP contribution in [0.5, 0.6) is 0 Å². The predicted molar refractivity (Wildman–Crippen MR) is 252 cm³/mol. The van der Waals surface area contributed by atoms with Crippen molar-refractivity contribution in [3.05, 3.63) is 0 Å². The third kappa shape index (κ3) is 47.6. The van der Waals surface area contributed by atoms with E-state index in [0.29, 0.717) is 12.8 Å². The van der Waals surface area contributed by atoms with Gasteiger partial charge in [-0.1, -0.05) is 284 Å². The molecule has 1 atom stereocenters. The van der Waals surface area contributed by atoms with Crippen LogP contribution in [0.4, 0.5) is 0 Å². The van der Waals surface area contributed by atoms with Gasteiger partial charge in [0.1, 0.15) is 6.61 Å². The summed E-state index contributed by atoms with van der Waals surface area (Å²) >= 11 is 0. The Morgan fingerprint density at radius 3 is 0.759 bits per heavy atom. The van der Waals surface area contributed by atoms with Crippen molar-refractivity contribution in [2.75, 3.05) is 13.2 Å². The summed E-state index contributed by atoms with van der Waals surface area (Å²) in [5.74, 6) is -0.584. The summed E-state index contributed by atoms with van der Waals surface area (Å²) in [6.45, 7) is 4.11. The van der Waals surface area contributed by atoms with Gasteiger partial charge >= 0.3 is 11.9 Å². The van der Waals surface area contributed by atoms with Gasteiger partial charge in [-0.15, -0.1) is 0 Å². The summed E-state index contributed by atoms with van der Waals surface area (Å²) in [6, 6.07) is 0. The molecule has 0 spiro atoms. The minimum atomic E-state index is -0.760. The SMILES string of the molecule is CCCCCCCCCCCCCCCCCCCCCCCCCCCCCCCCCCCCCCCCC(=O)OC(CO)COC(=O)CCCCCCCC. The van der Waals surface area contributed by atoms with E-state index in [9.17, 15) is 14.7 Å². The number of ether oxygens (including phenoxy) is 2. The molecule has 0 saturated carbocycles. The minimum absolute atomic E-state index is 0.0589. The number of esters is 2. The maximum atomic E-state index is 12.2. The highest BCUT2D eigenvalue weighted by atomic mass is 16.6. The molecule has 0 saturated heterocycles. The van der Waals surface area contributed by atoms with Crippen LogP contribution >= 0.6 is 0 Å². The largest absolute Gasteiger partial charge is 0.462 e. The average molecular weight is 821 g/mol. The van der Waals surface area contributed by atoms with E-state index in [-0.39, 0.29) is 25.2 Å². The second-order valence-corrected chi connectivity index (χ2v) is 18.3. The Balaban J connectivity index is 3.26. The summed E-state index contributed by atoms with van der Waals surface area (Å²) in [4.78, 5) is 24.1. The van der Waals surface area contributed by atoms with Crippen LogP contribution in [0.25, 0.3) is 0 Å². The van der Waals surface area contributed by atoms with Gasteiger partial charge in [0, 0.05) is 12.8 Å². The standard InChI is InChI=1S/C53H104O5/c1-3-5-7-9-11-12-13-14-15-16-17-18-19-20-21-22-23-24-25-26-27-28-29-30-31-32-33-34-35-36-37-38-39-40-41-42-44-46-48-53(56)58-51(49-54)50-57-52(55)47-45-43-10-8-6-4-2/h51,54H,3-50H2,1-2H3. The quantitative estimate of drug-likeness (QED) is 0.0489. The maximum Gasteiger partial charge on any atom is 0.306 e. The van der Waals surface area contributed by atoms with E-state index in [1.165, 1.54) is 244 Å². The molecule has 58 heavy (non-hydrogen) atoms. The molecule has 0 aromatic rings. The van der Waals surface area contributed by atoms with Gasteiger partial charge in [-0.25, -0.2) is 0 Å². The molecule has 0 fully saturated rings. The highest BCUT2D eigenvalue weighted by molar-refractivity contribution is 5.70. The lowest BCUT2D eigenvalue weighted by atomic mass is 10.0. The number of rotatable bonds is 50. The first kappa shape index (κ1) is 56.9. The Labute approximate surface area is 363 Å². The Hall–Kier alpha value is -1.10. The summed E-state index contributed by atoms with van der Waals surface area (Å²) in [7, 11) is 0. The molecule has 0 rings (SSSR count). The number of hydrogen-bond acceptors (Lipinski definition) is 5. The molecule has 1 N–H and O–H groups in total. The summed E-state index contributed by atoms with van der Waals surface area (Å²) in [5.41, 5.74) is 0. The van der Waals surface area contributed by atoms with Crippen LogP contribution in [0.15, 0.2) is 0 Å². The monoisotopic (exact) mass is 821 g/mol. The second-order valence-electron chi connectivity index (χ2n) is 18.3. The molecule has 0 bridgehead atoms. The fraction of sp³-hybridized carbons (Fsp3) is 0.962. The Morgan fingerprint density at radius 1 is 0.328 bits per heavy atom. The topological polar surface area (TPSA) is 72.8 Å². The van der Waals surface area contributed by atoms with Crippen LogP contribution in [0, 0.1) is 0 Å². The van der Waals surface area contributed by atoms with Crippen molar-refractivity contribution in [1.29, 1.82) is 0 Å². The highest BCUT2D eigenvalue weighted by Gasteiger charge is 2.16. The van der Waals surface area contributed by atoms with Crippen LogP contribution in [0.3, 0.4) is 0 Å². The molecular formula is C53H104O5. The zero-order chi connectivity index (χ0) is 42.1. The van der Waals surface area contributed by atoms with Gasteiger partial charge in [-0.3, -0.25) is 9.59 Å². The van der Waals surface area contributed by atoms with Gasteiger partial charge in [0.05, 0.1) is 6.61 Å². The number of aliphatic hydroxyl groups is 1. The first-order valence-corrected chi connectivity index (χ1v) is 26.6. The van der Waals surface area contributed by atoms with Gasteiger partial charge in [0.25, 0.3) is 0 Å². The van der Waals surface area contributed by atoms with Crippen molar-refractivity contribution < 1.29 is 24.2 Å². The van der Waals surface area contributed by atoms with Crippen LogP contribution in [0.1, 0.15) is 309 Å². The number of carbonyl (C=O) groups is 2. The van der Waals surface area contributed by atoms with Crippen LogP contribution in [-0.2, 0) is 19.1 Å². The molecule has 0 aliphatic rings. The van der Waals surface area contributed by atoms with E-state index in [4.69, 9.17) is 9.47 Å². The first-order chi connectivity index (χ1) is 28.6. The third-order valence-corrected chi connectivity index (χ3v) is 12.4. The Bertz CT molecular complexity index is 799. The predicted octanol–water partition coefficient (Wildman–Crippen LogP) is 17.4. The van der Waals surface area contributed by atoms with Crippen molar-refractivity contribution in [3.63, 3.8) is 0 Å². The molecule has 5 nitrogen and oxygen atoms in total. The maximum absolute atomic E-state index is 12.2. The van der Waals surface area contributed by atoms with Gasteiger partial charge in [-0.2, -0.15) is 0 Å². The fourth-order valence-corrected chi connectivity index (χ4v) is 8.38. The molecule has 0 heterocycles. The highest BCUT2D eigenvalue weighted by Crippen LogP contribution is 2.18. The Morgan fingerprint density at radius 2 is 0.534 bits per heavy atom. The van der Waals surface area contributed by atoms with Crippen molar-refractivity contribution >= 4 is 11.9 Å². The number of aliphatic hydroxyl groups excluding tert-OH is 1. The lowest BCUT2D eigenvalue weighted by molar-refractivity contribution is -0.161. The van der Waals surface area contributed by atoms with Crippen molar-refractivity contribution in [2.24, 2.45) is 0 Å². The first-order valence-electron chi connectivity index (χ1n) is 26.6. The van der Waals surface area contributed by atoms with Gasteiger partial charge in [-0.05, 0) is 12.8 Å². The molecule has 0 aliphatic heterocycles. The molecule has 1 unspecified atom stereocenters. The van der Waals surface area contributed by atoms with Crippen molar-refractivity contribution in [3.8, 4) is 0 Å². The van der Waals surface area contributed by atoms with Crippen molar-refractivity contribution in [2.45, 2.75) is 315 Å². The molecule has 0 amide bonds. The van der Waals surface area contributed by atoms with Gasteiger partial charge in [0.2, 0.25) is 0 Å². The van der Waals surface area contributed by atoms with Gasteiger partial charge in [0.15, 0.2) is 6.10 Å². The van der Waals surface area contributed by atoms with E-state index < -0.39 is 6.10 Å². The molecule has 0 aromatic carbocycles. The Kier molecular flexibility index (Phi) is 49.3. The molecule has 0 radical (unpaired) electrons. The van der Waals surface area contributed by atoms with Crippen LogP contribution in [0.2, 0.25) is 0 Å². The summed E-state index contributed by atoms with van der Waals surface area (Å²) < 4.78 is 10.6. The van der Waals surface area contributed by atoms with E-state index in [2.05, 4.69) is 13.8 Å². The molecule has 0 aliphatic carbocycles. The molecule has 5 heteroatoms. The normalized spacial score (nSPS) is 12.0. The molecular weight excluding hydrogens is 717 g/mol. The zero-order valence-electron chi connectivity index (χ0n) is 39.6.